The van der Waals surface area contributed by atoms with Crippen molar-refractivity contribution < 1.29 is 14.3 Å². The predicted octanol–water partition coefficient (Wildman–Crippen LogP) is 1.80. The van der Waals surface area contributed by atoms with Gasteiger partial charge in [0, 0.05) is 5.54 Å². The lowest BCUT2D eigenvalue weighted by atomic mass is 10.1. The highest BCUT2D eigenvalue weighted by Gasteiger charge is 2.15. The van der Waals surface area contributed by atoms with E-state index in [1.807, 2.05) is 20.8 Å². The number of benzene rings is 1. The number of ether oxygens (including phenoxy) is 1. The van der Waals surface area contributed by atoms with E-state index in [0.29, 0.717) is 11.3 Å². The lowest BCUT2D eigenvalue weighted by molar-refractivity contribution is -0.115. The normalized spacial score (nSPS) is 10.9. The summed E-state index contributed by atoms with van der Waals surface area (Å²) in [6.07, 6.45) is 0. The van der Waals surface area contributed by atoms with Gasteiger partial charge >= 0.3 is 5.97 Å². The van der Waals surface area contributed by atoms with Crippen LogP contribution in [0, 0.1) is 0 Å². The number of nitrogens with one attached hydrogen (secondary N) is 2. The molecule has 1 aromatic rings. The van der Waals surface area contributed by atoms with Crippen molar-refractivity contribution in [2.24, 2.45) is 0 Å². The fourth-order valence-corrected chi connectivity index (χ4v) is 1.42. The molecule has 0 atom stereocenters. The Morgan fingerprint density at radius 2 is 1.84 bits per heavy atom. The van der Waals surface area contributed by atoms with Crippen LogP contribution in [0.2, 0.25) is 0 Å². The van der Waals surface area contributed by atoms with Gasteiger partial charge in [-0.05, 0) is 32.9 Å². The van der Waals surface area contributed by atoms with E-state index in [4.69, 9.17) is 0 Å². The van der Waals surface area contributed by atoms with Crippen LogP contribution < -0.4 is 10.6 Å². The fourth-order valence-electron chi connectivity index (χ4n) is 1.42. The summed E-state index contributed by atoms with van der Waals surface area (Å²) in [6, 6.07) is 6.74. The largest absolute Gasteiger partial charge is 0.465 e. The third-order valence-electron chi connectivity index (χ3n) is 2.39. The van der Waals surface area contributed by atoms with Crippen LogP contribution >= 0.6 is 0 Å². The Hall–Kier alpha value is -1.88. The van der Waals surface area contributed by atoms with Gasteiger partial charge in [-0.25, -0.2) is 4.79 Å². The molecule has 0 radical (unpaired) electrons. The molecule has 0 saturated carbocycles. The first-order chi connectivity index (χ1) is 8.83. The van der Waals surface area contributed by atoms with Crippen molar-refractivity contribution in [2.45, 2.75) is 26.3 Å². The molecular formula is C14H20N2O3. The van der Waals surface area contributed by atoms with Crippen LogP contribution in [0.15, 0.2) is 24.3 Å². The zero-order valence-electron chi connectivity index (χ0n) is 11.7. The van der Waals surface area contributed by atoms with E-state index in [0.717, 1.165) is 0 Å². The topological polar surface area (TPSA) is 67.4 Å². The summed E-state index contributed by atoms with van der Waals surface area (Å²) >= 11 is 0. The maximum atomic E-state index is 11.8. The maximum absolute atomic E-state index is 11.8. The van der Waals surface area contributed by atoms with E-state index in [9.17, 15) is 9.59 Å². The third kappa shape index (κ3) is 5.09. The maximum Gasteiger partial charge on any atom is 0.339 e. The molecule has 104 valence electrons. The average Bonchev–Trinajstić information content (AvgIpc) is 2.35. The molecule has 0 aliphatic carbocycles. The highest BCUT2D eigenvalue weighted by atomic mass is 16.5. The summed E-state index contributed by atoms with van der Waals surface area (Å²) in [5, 5.41) is 5.77. The highest BCUT2D eigenvalue weighted by molar-refractivity contribution is 6.01. The molecule has 1 amide bonds. The number of rotatable bonds is 4. The predicted molar refractivity (Wildman–Crippen MR) is 74.2 cm³/mol. The second kappa shape index (κ2) is 6.33. The van der Waals surface area contributed by atoms with Crippen molar-refractivity contribution in [3.05, 3.63) is 29.8 Å². The minimum atomic E-state index is -0.473. The van der Waals surface area contributed by atoms with Crippen molar-refractivity contribution in [1.29, 1.82) is 0 Å². The fraction of sp³-hybridized carbons (Fsp3) is 0.429. The number of carbonyl (C=O) groups is 2. The van der Waals surface area contributed by atoms with Gasteiger partial charge in [0.05, 0.1) is 24.9 Å². The Balaban J connectivity index is 2.72. The second-order valence-electron chi connectivity index (χ2n) is 5.19. The second-order valence-corrected chi connectivity index (χ2v) is 5.19. The van der Waals surface area contributed by atoms with Gasteiger partial charge in [-0.3, -0.25) is 4.79 Å². The molecular weight excluding hydrogens is 244 g/mol. The van der Waals surface area contributed by atoms with Crippen LogP contribution in [0.4, 0.5) is 5.69 Å². The standard InChI is InChI=1S/C14H20N2O3/c1-14(2,3)15-9-12(17)16-11-8-6-5-7-10(11)13(18)19-4/h5-8,15H,9H2,1-4H3,(H,16,17). The van der Waals surface area contributed by atoms with E-state index in [1.165, 1.54) is 7.11 Å². The zero-order valence-corrected chi connectivity index (χ0v) is 11.7. The molecule has 0 heterocycles. The lowest BCUT2D eigenvalue weighted by Gasteiger charge is -2.20. The van der Waals surface area contributed by atoms with Gasteiger partial charge in [0.2, 0.25) is 5.91 Å². The molecule has 19 heavy (non-hydrogen) atoms. The van der Waals surface area contributed by atoms with Gasteiger partial charge in [0.15, 0.2) is 0 Å². The molecule has 0 saturated heterocycles. The zero-order chi connectivity index (χ0) is 14.5. The van der Waals surface area contributed by atoms with Gasteiger partial charge in [0.1, 0.15) is 0 Å². The quantitative estimate of drug-likeness (QED) is 0.814. The van der Waals surface area contributed by atoms with Crippen LogP contribution in [-0.2, 0) is 9.53 Å². The van der Waals surface area contributed by atoms with Gasteiger partial charge in [0.25, 0.3) is 0 Å². The Kier molecular flexibility index (Phi) is 5.06. The van der Waals surface area contributed by atoms with Crippen molar-refractivity contribution in [2.75, 3.05) is 19.0 Å². The molecule has 1 rings (SSSR count). The molecule has 5 nitrogen and oxygen atoms in total. The summed E-state index contributed by atoms with van der Waals surface area (Å²) < 4.78 is 4.67. The summed E-state index contributed by atoms with van der Waals surface area (Å²) in [6.45, 7) is 6.10. The number of methoxy groups -OCH3 is 1. The van der Waals surface area contributed by atoms with Crippen molar-refractivity contribution in [3.8, 4) is 0 Å². The Morgan fingerprint density at radius 1 is 1.21 bits per heavy atom. The van der Waals surface area contributed by atoms with Crippen LogP contribution in [0.1, 0.15) is 31.1 Å². The van der Waals surface area contributed by atoms with Crippen molar-refractivity contribution in [1.82, 2.24) is 5.32 Å². The van der Waals surface area contributed by atoms with Crippen LogP contribution in [0.5, 0.6) is 0 Å². The molecule has 0 bridgehead atoms. The summed E-state index contributed by atoms with van der Waals surface area (Å²) in [5.41, 5.74) is 0.656. The van der Waals surface area contributed by atoms with Crippen molar-refractivity contribution >= 4 is 17.6 Å². The molecule has 0 aliphatic heterocycles. The monoisotopic (exact) mass is 264 g/mol. The number of carbonyl (C=O) groups excluding carboxylic acids is 2. The molecule has 1 aromatic carbocycles. The Labute approximate surface area is 113 Å². The van der Waals surface area contributed by atoms with Gasteiger partial charge in [-0.15, -0.1) is 0 Å². The third-order valence-corrected chi connectivity index (χ3v) is 2.39. The van der Waals surface area contributed by atoms with Gasteiger partial charge in [-0.2, -0.15) is 0 Å². The molecule has 2 N–H and O–H groups in total. The number of esters is 1. The van der Waals surface area contributed by atoms with E-state index in [-0.39, 0.29) is 18.0 Å². The number of para-hydroxylation sites is 1. The van der Waals surface area contributed by atoms with Crippen LogP contribution in [-0.4, -0.2) is 31.1 Å². The first-order valence-electron chi connectivity index (χ1n) is 6.06. The molecule has 0 fully saturated rings. The molecule has 0 aliphatic rings. The van der Waals surface area contributed by atoms with Gasteiger partial charge < -0.3 is 15.4 Å². The van der Waals surface area contributed by atoms with Crippen LogP contribution in [0.25, 0.3) is 0 Å². The molecule has 0 aromatic heterocycles. The minimum Gasteiger partial charge on any atom is -0.465 e. The Morgan fingerprint density at radius 3 is 2.42 bits per heavy atom. The van der Waals surface area contributed by atoms with Crippen LogP contribution in [0.3, 0.4) is 0 Å². The first-order valence-corrected chi connectivity index (χ1v) is 6.06. The Bertz CT molecular complexity index is 464. The number of hydrogen-bond donors (Lipinski definition) is 2. The highest BCUT2D eigenvalue weighted by Crippen LogP contribution is 2.15. The smallest absolute Gasteiger partial charge is 0.339 e. The lowest BCUT2D eigenvalue weighted by Crippen LogP contribution is -2.41. The van der Waals surface area contributed by atoms with E-state index in [1.54, 1.807) is 24.3 Å². The van der Waals surface area contributed by atoms with E-state index >= 15 is 0 Å². The van der Waals surface area contributed by atoms with Gasteiger partial charge in [-0.1, -0.05) is 12.1 Å². The SMILES string of the molecule is COC(=O)c1ccccc1NC(=O)CNC(C)(C)C. The minimum absolute atomic E-state index is 0.140. The van der Waals surface area contributed by atoms with E-state index in [2.05, 4.69) is 15.4 Å². The number of hydrogen-bond acceptors (Lipinski definition) is 4. The number of anilines is 1. The number of amides is 1. The molecule has 5 heteroatoms. The summed E-state index contributed by atoms with van der Waals surface area (Å²) in [4.78, 5) is 23.3. The van der Waals surface area contributed by atoms with E-state index < -0.39 is 5.97 Å². The van der Waals surface area contributed by atoms with Crippen molar-refractivity contribution in [3.63, 3.8) is 0 Å². The molecule has 0 unspecified atom stereocenters. The average molecular weight is 264 g/mol. The summed E-state index contributed by atoms with van der Waals surface area (Å²) in [7, 11) is 1.31. The molecule has 0 spiro atoms. The first kappa shape index (κ1) is 15.2. The summed E-state index contributed by atoms with van der Waals surface area (Å²) in [5.74, 6) is -0.675.